The zero-order chi connectivity index (χ0) is 19.2. The van der Waals surface area contributed by atoms with E-state index in [4.69, 9.17) is 4.74 Å². The van der Waals surface area contributed by atoms with Gasteiger partial charge in [-0.05, 0) is 30.7 Å². The third kappa shape index (κ3) is 4.91. The van der Waals surface area contributed by atoms with E-state index in [1.165, 1.54) is 0 Å². The normalized spacial score (nSPS) is 13.1. The molecule has 0 unspecified atom stereocenters. The number of hydrogen-bond acceptors (Lipinski definition) is 5. The Balaban J connectivity index is 1.52. The van der Waals surface area contributed by atoms with Crippen LogP contribution in [0, 0.1) is 5.92 Å². The van der Waals surface area contributed by atoms with Gasteiger partial charge in [-0.2, -0.15) is 0 Å². The van der Waals surface area contributed by atoms with E-state index >= 15 is 0 Å². The number of hydrogen-bond donors (Lipinski definition) is 1. The molecular formula is C20H26N4O2S. The summed E-state index contributed by atoms with van der Waals surface area (Å²) in [5, 5.41) is 12.5. The van der Waals surface area contributed by atoms with E-state index in [1.54, 1.807) is 11.8 Å². The predicted octanol–water partition coefficient (Wildman–Crippen LogP) is 3.18. The number of ether oxygens (including phenoxy) is 1. The lowest BCUT2D eigenvalue weighted by molar-refractivity contribution is -0.117. The SMILES string of the molecule is CSc1nnc(CCCNC(=O)C2=Cc3ccccc3OC2)n1CC(C)C. The van der Waals surface area contributed by atoms with E-state index < -0.39 is 0 Å². The number of rotatable bonds is 8. The minimum Gasteiger partial charge on any atom is -0.488 e. The number of carbonyl (C=O) groups is 1. The molecule has 3 rings (SSSR count). The molecule has 0 spiro atoms. The first-order chi connectivity index (χ1) is 13.1. The number of amides is 1. The maximum atomic E-state index is 12.4. The number of carbonyl (C=O) groups excluding carboxylic acids is 1. The van der Waals surface area contributed by atoms with Crippen molar-refractivity contribution >= 4 is 23.7 Å². The smallest absolute Gasteiger partial charge is 0.250 e. The molecular weight excluding hydrogens is 360 g/mol. The molecule has 0 bridgehead atoms. The second-order valence-electron chi connectivity index (χ2n) is 6.96. The number of thioether (sulfide) groups is 1. The first-order valence-corrected chi connectivity index (χ1v) is 10.5. The topological polar surface area (TPSA) is 69.0 Å². The standard InChI is InChI=1S/C20H26N4O2S/c1-14(2)12-24-18(22-23-20(24)27-3)9-6-10-21-19(25)16-11-15-7-4-5-8-17(15)26-13-16/h4-5,7-8,11,14H,6,9-10,12-13H2,1-3H3,(H,21,25). The summed E-state index contributed by atoms with van der Waals surface area (Å²) in [7, 11) is 0. The quantitative estimate of drug-likeness (QED) is 0.557. The van der Waals surface area contributed by atoms with Gasteiger partial charge in [0.2, 0.25) is 0 Å². The van der Waals surface area contributed by atoms with E-state index in [0.29, 0.717) is 24.6 Å². The van der Waals surface area contributed by atoms with Crippen LogP contribution in [0.4, 0.5) is 0 Å². The van der Waals surface area contributed by atoms with E-state index in [9.17, 15) is 4.79 Å². The lowest BCUT2D eigenvalue weighted by Gasteiger charge is -2.17. The van der Waals surface area contributed by atoms with Crippen molar-refractivity contribution in [1.82, 2.24) is 20.1 Å². The van der Waals surface area contributed by atoms with Gasteiger partial charge in [-0.1, -0.05) is 43.8 Å². The highest BCUT2D eigenvalue weighted by atomic mass is 32.2. The fourth-order valence-corrected chi connectivity index (χ4v) is 3.54. The van der Waals surface area contributed by atoms with Gasteiger partial charge in [0, 0.05) is 25.1 Å². The average molecular weight is 387 g/mol. The molecule has 0 saturated heterocycles. The van der Waals surface area contributed by atoms with Gasteiger partial charge < -0.3 is 14.6 Å². The van der Waals surface area contributed by atoms with Crippen molar-refractivity contribution in [3.8, 4) is 5.75 Å². The summed E-state index contributed by atoms with van der Waals surface area (Å²) in [6.45, 7) is 6.19. The molecule has 1 aromatic carbocycles. The average Bonchev–Trinajstić information content (AvgIpc) is 3.05. The first kappa shape index (κ1) is 19.5. The minimum atomic E-state index is -0.0713. The number of para-hydroxylation sites is 1. The monoisotopic (exact) mass is 386 g/mol. The summed E-state index contributed by atoms with van der Waals surface area (Å²) in [6.07, 6.45) is 5.53. The van der Waals surface area contributed by atoms with Crippen molar-refractivity contribution in [3.05, 3.63) is 41.2 Å². The Bertz CT molecular complexity index is 829. The van der Waals surface area contributed by atoms with E-state index in [-0.39, 0.29) is 5.91 Å². The summed E-state index contributed by atoms with van der Waals surface area (Å²) in [4.78, 5) is 12.4. The molecule has 2 heterocycles. The minimum absolute atomic E-state index is 0.0713. The Morgan fingerprint density at radius 2 is 2.15 bits per heavy atom. The highest BCUT2D eigenvalue weighted by Crippen LogP contribution is 2.25. The zero-order valence-electron chi connectivity index (χ0n) is 16.1. The molecule has 0 fully saturated rings. The molecule has 1 aromatic heterocycles. The van der Waals surface area contributed by atoms with E-state index in [0.717, 1.165) is 41.7 Å². The summed E-state index contributed by atoms with van der Waals surface area (Å²) >= 11 is 1.61. The third-order valence-corrected chi connectivity index (χ3v) is 4.98. The van der Waals surface area contributed by atoms with Crippen molar-refractivity contribution in [2.75, 3.05) is 19.4 Å². The highest BCUT2D eigenvalue weighted by Gasteiger charge is 2.17. The van der Waals surface area contributed by atoms with Gasteiger partial charge in [-0.3, -0.25) is 4.79 Å². The molecule has 1 N–H and O–H groups in total. The Labute approximate surface area is 164 Å². The van der Waals surface area contributed by atoms with Crippen LogP contribution in [0.15, 0.2) is 35.0 Å². The summed E-state index contributed by atoms with van der Waals surface area (Å²) in [5.74, 6) is 2.27. The van der Waals surface area contributed by atoms with Gasteiger partial charge in [-0.25, -0.2) is 0 Å². The maximum absolute atomic E-state index is 12.4. The number of fused-ring (bicyclic) bond motifs is 1. The first-order valence-electron chi connectivity index (χ1n) is 9.25. The van der Waals surface area contributed by atoms with Crippen LogP contribution >= 0.6 is 11.8 Å². The lowest BCUT2D eigenvalue weighted by Crippen LogP contribution is -2.29. The molecule has 1 aliphatic heterocycles. The number of nitrogens with one attached hydrogen (secondary N) is 1. The molecule has 1 amide bonds. The number of aryl methyl sites for hydroxylation is 1. The number of aromatic nitrogens is 3. The van der Waals surface area contributed by atoms with Crippen LogP contribution in [-0.2, 0) is 17.8 Å². The highest BCUT2D eigenvalue weighted by molar-refractivity contribution is 7.98. The van der Waals surface area contributed by atoms with E-state index in [2.05, 4.69) is 33.9 Å². The van der Waals surface area contributed by atoms with Crippen molar-refractivity contribution < 1.29 is 9.53 Å². The number of benzene rings is 1. The Kier molecular flexibility index (Phi) is 6.55. The second kappa shape index (κ2) is 9.08. The van der Waals surface area contributed by atoms with Crippen LogP contribution < -0.4 is 10.1 Å². The van der Waals surface area contributed by atoms with Crippen molar-refractivity contribution in [1.29, 1.82) is 0 Å². The third-order valence-electron chi connectivity index (χ3n) is 4.31. The zero-order valence-corrected chi connectivity index (χ0v) is 16.9. The van der Waals surface area contributed by atoms with Crippen molar-refractivity contribution in [3.63, 3.8) is 0 Å². The molecule has 0 radical (unpaired) electrons. The molecule has 2 aromatic rings. The molecule has 0 aliphatic carbocycles. The summed E-state index contributed by atoms with van der Waals surface area (Å²) in [6, 6.07) is 7.73. The molecule has 0 saturated carbocycles. The van der Waals surface area contributed by atoms with Gasteiger partial charge in [0.05, 0.1) is 5.57 Å². The van der Waals surface area contributed by atoms with Crippen molar-refractivity contribution in [2.24, 2.45) is 5.92 Å². The summed E-state index contributed by atoms with van der Waals surface area (Å²) in [5.41, 5.74) is 1.60. The van der Waals surface area contributed by atoms with Crippen LogP contribution in [0.2, 0.25) is 0 Å². The van der Waals surface area contributed by atoms with Gasteiger partial charge in [0.25, 0.3) is 5.91 Å². The van der Waals surface area contributed by atoms with Crippen LogP contribution in [0.25, 0.3) is 6.08 Å². The Hall–Kier alpha value is -2.28. The van der Waals surface area contributed by atoms with Gasteiger partial charge in [0.1, 0.15) is 18.2 Å². The van der Waals surface area contributed by atoms with Gasteiger partial charge >= 0.3 is 0 Å². The van der Waals surface area contributed by atoms with Crippen LogP contribution in [-0.4, -0.2) is 40.1 Å². The second-order valence-corrected chi connectivity index (χ2v) is 7.74. The van der Waals surface area contributed by atoms with Gasteiger partial charge in [-0.15, -0.1) is 10.2 Å². The molecule has 1 aliphatic rings. The molecule has 0 atom stereocenters. The maximum Gasteiger partial charge on any atom is 0.250 e. The molecule has 6 nitrogen and oxygen atoms in total. The molecule has 27 heavy (non-hydrogen) atoms. The van der Waals surface area contributed by atoms with Crippen LogP contribution in [0.3, 0.4) is 0 Å². The lowest BCUT2D eigenvalue weighted by atomic mass is 10.1. The molecule has 7 heteroatoms. The van der Waals surface area contributed by atoms with Crippen LogP contribution in [0.5, 0.6) is 5.75 Å². The Morgan fingerprint density at radius 1 is 1.33 bits per heavy atom. The van der Waals surface area contributed by atoms with Crippen molar-refractivity contribution in [2.45, 2.75) is 38.4 Å². The van der Waals surface area contributed by atoms with Crippen LogP contribution in [0.1, 0.15) is 31.7 Å². The Morgan fingerprint density at radius 3 is 2.93 bits per heavy atom. The van der Waals surface area contributed by atoms with Gasteiger partial charge in [0.15, 0.2) is 5.16 Å². The molecule has 144 valence electrons. The fraction of sp³-hybridized carbons (Fsp3) is 0.450. The fourth-order valence-electron chi connectivity index (χ4n) is 3.01. The number of nitrogens with zero attached hydrogens (tertiary/aromatic N) is 3. The largest absolute Gasteiger partial charge is 0.488 e. The van der Waals surface area contributed by atoms with E-state index in [1.807, 2.05) is 36.6 Å². The summed E-state index contributed by atoms with van der Waals surface area (Å²) < 4.78 is 7.83. The predicted molar refractivity (Wildman–Crippen MR) is 108 cm³/mol.